The Balaban J connectivity index is 1.91. The maximum Gasteiger partial charge on any atom is 0.293 e. The van der Waals surface area contributed by atoms with Gasteiger partial charge in [-0.05, 0) is 25.7 Å². The second kappa shape index (κ2) is 4.14. The number of hydrogen-bond acceptors (Lipinski definition) is 4. The molecule has 1 atom stereocenters. The van der Waals surface area contributed by atoms with E-state index in [2.05, 4.69) is 4.98 Å². The van der Waals surface area contributed by atoms with Crippen LogP contribution in [-0.2, 0) is 0 Å². The van der Waals surface area contributed by atoms with Crippen molar-refractivity contribution in [3.63, 3.8) is 0 Å². The lowest BCUT2D eigenvalue weighted by Crippen LogP contribution is -2.45. The van der Waals surface area contributed by atoms with Gasteiger partial charge in [0.05, 0.1) is 0 Å². The Bertz CT molecular complexity index is 466. The van der Waals surface area contributed by atoms with Crippen LogP contribution in [0.1, 0.15) is 31.7 Å². The average molecular weight is 234 g/mol. The largest absolute Gasteiger partial charge is 0.350 e. The fourth-order valence-electron chi connectivity index (χ4n) is 2.47. The molecule has 92 valence electrons. The van der Waals surface area contributed by atoms with Gasteiger partial charge in [-0.25, -0.2) is 4.98 Å². The van der Waals surface area contributed by atoms with Crippen LogP contribution in [0, 0.1) is 0 Å². The molecule has 2 heterocycles. The lowest BCUT2D eigenvalue weighted by Gasteiger charge is -2.31. The SMILES string of the molecule is NC1CCCN(c2nccn(C3CC3)c2=O)C1. The number of aromatic nitrogens is 2. The van der Waals surface area contributed by atoms with Crippen molar-refractivity contribution in [3.8, 4) is 0 Å². The standard InChI is InChI=1S/C12H18N4O/c13-9-2-1-6-15(8-9)11-12(17)16(7-5-14-11)10-3-4-10/h5,7,9-10H,1-4,6,8,13H2. The summed E-state index contributed by atoms with van der Waals surface area (Å²) in [6, 6.07) is 0.572. The molecule has 1 aliphatic heterocycles. The van der Waals surface area contributed by atoms with Crippen LogP contribution in [0.15, 0.2) is 17.2 Å². The van der Waals surface area contributed by atoms with Crippen molar-refractivity contribution in [2.24, 2.45) is 5.73 Å². The summed E-state index contributed by atoms with van der Waals surface area (Å²) in [4.78, 5) is 18.6. The van der Waals surface area contributed by atoms with E-state index in [1.165, 1.54) is 0 Å². The third-order valence-corrected chi connectivity index (χ3v) is 3.55. The molecule has 0 radical (unpaired) electrons. The van der Waals surface area contributed by atoms with Crippen LogP contribution in [0.4, 0.5) is 5.82 Å². The van der Waals surface area contributed by atoms with Crippen molar-refractivity contribution in [1.29, 1.82) is 0 Å². The monoisotopic (exact) mass is 234 g/mol. The molecule has 5 nitrogen and oxygen atoms in total. The molecule has 1 aliphatic carbocycles. The molecule has 0 amide bonds. The van der Waals surface area contributed by atoms with Gasteiger partial charge in [-0.3, -0.25) is 4.79 Å². The molecule has 1 saturated heterocycles. The lowest BCUT2D eigenvalue weighted by molar-refractivity contribution is 0.499. The van der Waals surface area contributed by atoms with Gasteiger partial charge in [-0.2, -0.15) is 0 Å². The highest BCUT2D eigenvalue weighted by Crippen LogP contribution is 2.33. The summed E-state index contributed by atoms with van der Waals surface area (Å²) >= 11 is 0. The van der Waals surface area contributed by atoms with E-state index < -0.39 is 0 Å². The first-order valence-corrected chi connectivity index (χ1v) is 6.33. The van der Waals surface area contributed by atoms with Crippen LogP contribution in [0.3, 0.4) is 0 Å². The molecule has 0 aromatic carbocycles. The molecule has 17 heavy (non-hydrogen) atoms. The van der Waals surface area contributed by atoms with Gasteiger partial charge in [0, 0.05) is 37.6 Å². The van der Waals surface area contributed by atoms with Gasteiger partial charge < -0.3 is 15.2 Å². The quantitative estimate of drug-likeness (QED) is 0.809. The molecule has 5 heteroatoms. The zero-order chi connectivity index (χ0) is 11.8. The van der Waals surface area contributed by atoms with Crippen LogP contribution in [-0.4, -0.2) is 28.7 Å². The van der Waals surface area contributed by atoms with E-state index in [9.17, 15) is 4.79 Å². The molecular formula is C12H18N4O. The Hall–Kier alpha value is -1.36. The van der Waals surface area contributed by atoms with E-state index in [-0.39, 0.29) is 11.6 Å². The number of nitrogens with zero attached hydrogens (tertiary/aromatic N) is 3. The Kier molecular flexibility index (Phi) is 2.63. The summed E-state index contributed by atoms with van der Waals surface area (Å²) in [6.07, 6.45) is 7.84. The Labute approximate surface area is 100 Å². The molecular weight excluding hydrogens is 216 g/mol. The van der Waals surface area contributed by atoms with Gasteiger partial charge in [-0.15, -0.1) is 0 Å². The topological polar surface area (TPSA) is 64.2 Å². The molecule has 1 aromatic rings. The van der Waals surface area contributed by atoms with Crippen LogP contribution >= 0.6 is 0 Å². The smallest absolute Gasteiger partial charge is 0.293 e. The first-order valence-electron chi connectivity index (χ1n) is 6.33. The number of hydrogen-bond donors (Lipinski definition) is 1. The van der Waals surface area contributed by atoms with Gasteiger partial charge >= 0.3 is 0 Å². The predicted octanol–water partition coefficient (Wildman–Crippen LogP) is 0.506. The summed E-state index contributed by atoms with van der Waals surface area (Å²) < 4.78 is 1.82. The number of rotatable bonds is 2. The van der Waals surface area contributed by atoms with Gasteiger partial charge in [0.25, 0.3) is 5.56 Å². The third kappa shape index (κ3) is 2.07. The summed E-state index contributed by atoms with van der Waals surface area (Å²) in [5.74, 6) is 0.578. The normalized spacial score (nSPS) is 25.0. The molecule has 3 rings (SSSR count). The van der Waals surface area contributed by atoms with E-state index in [1.54, 1.807) is 12.4 Å². The van der Waals surface area contributed by atoms with E-state index in [4.69, 9.17) is 5.73 Å². The lowest BCUT2D eigenvalue weighted by atomic mass is 10.1. The fraction of sp³-hybridized carbons (Fsp3) is 0.667. The predicted molar refractivity (Wildman–Crippen MR) is 66.2 cm³/mol. The van der Waals surface area contributed by atoms with Crippen LogP contribution in [0.5, 0.6) is 0 Å². The van der Waals surface area contributed by atoms with Crippen molar-refractivity contribution < 1.29 is 0 Å². The molecule has 1 saturated carbocycles. The van der Waals surface area contributed by atoms with Gasteiger partial charge in [-0.1, -0.05) is 0 Å². The minimum Gasteiger partial charge on any atom is -0.350 e. The van der Waals surface area contributed by atoms with E-state index in [1.807, 2.05) is 9.47 Å². The maximum atomic E-state index is 12.3. The summed E-state index contributed by atoms with van der Waals surface area (Å²) in [5.41, 5.74) is 5.99. The summed E-state index contributed by atoms with van der Waals surface area (Å²) in [7, 11) is 0. The van der Waals surface area contributed by atoms with Crippen molar-refractivity contribution in [1.82, 2.24) is 9.55 Å². The molecule has 1 aromatic heterocycles. The van der Waals surface area contributed by atoms with Gasteiger partial charge in [0.2, 0.25) is 0 Å². The molecule has 1 unspecified atom stereocenters. The van der Waals surface area contributed by atoms with Crippen LogP contribution in [0.25, 0.3) is 0 Å². The zero-order valence-electron chi connectivity index (χ0n) is 9.88. The second-order valence-electron chi connectivity index (χ2n) is 5.04. The molecule has 2 aliphatic rings. The van der Waals surface area contributed by atoms with Crippen LogP contribution < -0.4 is 16.2 Å². The maximum absolute atomic E-state index is 12.3. The Morgan fingerprint density at radius 2 is 2.18 bits per heavy atom. The number of nitrogens with two attached hydrogens (primary N) is 1. The summed E-state index contributed by atoms with van der Waals surface area (Å²) in [6.45, 7) is 1.64. The van der Waals surface area contributed by atoms with Crippen molar-refractivity contribution in [2.75, 3.05) is 18.0 Å². The third-order valence-electron chi connectivity index (χ3n) is 3.55. The number of piperidine rings is 1. The molecule has 0 bridgehead atoms. The highest BCUT2D eigenvalue weighted by Gasteiger charge is 2.27. The minimum atomic E-state index is 0.0455. The fourth-order valence-corrected chi connectivity index (χ4v) is 2.47. The van der Waals surface area contributed by atoms with E-state index >= 15 is 0 Å². The van der Waals surface area contributed by atoms with Crippen molar-refractivity contribution in [2.45, 2.75) is 37.8 Å². The molecule has 0 spiro atoms. The molecule has 2 fully saturated rings. The Morgan fingerprint density at radius 1 is 1.35 bits per heavy atom. The van der Waals surface area contributed by atoms with Crippen LogP contribution in [0.2, 0.25) is 0 Å². The van der Waals surface area contributed by atoms with E-state index in [0.29, 0.717) is 11.9 Å². The van der Waals surface area contributed by atoms with Gasteiger partial charge in [0.15, 0.2) is 5.82 Å². The average Bonchev–Trinajstić information content (AvgIpc) is 3.13. The summed E-state index contributed by atoms with van der Waals surface area (Å²) in [5, 5.41) is 0. The minimum absolute atomic E-state index is 0.0455. The second-order valence-corrected chi connectivity index (χ2v) is 5.04. The van der Waals surface area contributed by atoms with E-state index in [0.717, 1.165) is 38.8 Å². The highest BCUT2D eigenvalue weighted by atomic mass is 16.1. The van der Waals surface area contributed by atoms with Gasteiger partial charge in [0.1, 0.15) is 0 Å². The first kappa shape index (κ1) is 10.8. The first-order chi connectivity index (χ1) is 8.25. The van der Waals surface area contributed by atoms with Crippen molar-refractivity contribution >= 4 is 5.82 Å². The zero-order valence-corrected chi connectivity index (χ0v) is 9.88. The van der Waals surface area contributed by atoms with Crippen molar-refractivity contribution in [3.05, 3.63) is 22.7 Å². The molecule has 2 N–H and O–H groups in total. The highest BCUT2D eigenvalue weighted by molar-refractivity contribution is 5.37. The Morgan fingerprint density at radius 3 is 2.88 bits per heavy atom. The number of anilines is 1.